The van der Waals surface area contributed by atoms with E-state index in [1.807, 2.05) is 0 Å². The van der Waals surface area contributed by atoms with Gasteiger partial charge < -0.3 is 10.5 Å². The average molecular weight is 224 g/mol. The van der Waals surface area contributed by atoms with Gasteiger partial charge in [-0.15, -0.1) is 0 Å². The largest absolute Gasteiger partial charge is 0.476 e. The summed E-state index contributed by atoms with van der Waals surface area (Å²) in [5.41, 5.74) is 5.97. The summed E-state index contributed by atoms with van der Waals surface area (Å²) in [6.07, 6.45) is 1.43. The molecule has 0 fully saturated rings. The molecule has 1 aromatic carbocycles. The van der Waals surface area contributed by atoms with Gasteiger partial charge in [-0.1, -0.05) is 0 Å². The van der Waals surface area contributed by atoms with E-state index in [2.05, 4.69) is 4.99 Å². The van der Waals surface area contributed by atoms with Crippen LogP contribution in [0.1, 0.15) is 5.56 Å². The molecular formula is C11H10F2N2O. The molecule has 2 rings (SSSR count). The highest BCUT2D eigenvalue weighted by Crippen LogP contribution is 2.16. The molecule has 0 saturated carbocycles. The smallest absolute Gasteiger partial charge is 0.210 e. The minimum absolute atomic E-state index is 0.139. The van der Waals surface area contributed by atoms with Crippen molar-refractivity contribution in [3.63, 3.8) is 0 Å². The van der Waals surface area contributed by atoms with E-state index in [1.165, 1.54) is 12.1 Å². The van der Waals surface area contributed by atoms with Gasteiger partial charge in [0.25, 0.3) is 0 Å². The molecule has 0 spiro atoms. The molecule has 84 valence electrons. The standard InChI is InChI=1S/C11H10F2N2O/c12-7-1-2-8(9(13)5-7)10(14)6-11-15-3-4-16-11/h1-2,5-6H,3-4,14H2/b10-6-. The van der Waals surface area contributed by atoms with Gasteiger partial charge in [0.2, 0.25) is 5.90 Å². The number of hydrogen-bond donors (Lipinski definition) is 1. The van der Waals surface area contributed by atoms with Crippen molar-refractivity contribution in [2.75, 3.05) is 13.2 Å². The first kappa shape index (κ1) is 10.6. The Morgan fingerprint density at radius 3 is 2.88 bits per heavy atom. The van der Waals surface area contributed by atoms with Crippen LogP contribution in [-0.2, 0) is 4.74 Å². The highest BCUT2D eigenvalue weighted by atomic mass is 19.1. The van der Waals surface area contributed by atoms with E-state index < -0.39 is 11.6 Å². The Bertz CT molecular complexity index is 469. The Kier molecular flexibility index (Phi) is 2.85. The van der Waals surface area contributed by atoms with E-state index in [4.69, 9.17) is 10.5 Å². The molecule has 0 atom stereocenters. The second-order valence-corrected chi connectivity index (χ2v) is 3.29. The number of halogens is 2. The van der Waals surface area contributed by atoms with Gasteiger partial charge in [0.1, 0.15) is 18.2 Å². The summed E-state index contributed by atoms with van der Waals surface area (Å²) in [5, 5.41) is 0. The van der Waals surface area contributed by atoms with Crippen LogP contribution in [0.4, 0.5) is 8.78 Å². The van der Waals surface area contributed by atoms with Crippen LogP contribution >= 0.6 is 0 Å². The molecular weight excluding hydrogens is 214 g/mol. The Labute approximate surface area is 91.2 Å². The molecule has 2 N–H and O–H groups in total. The summed E-state index contributed by atoms with van der Waals surface area (Å²) in [4.78, 5) is 3.99. The van der Waals surface area contributed by atoms with Crippen LogP contribution in [-0.4, -0.2) is 19.0 Å². The monoisotopic (exact) mass is 224 g/mol. The quantitative estimate of drug-likeness (QED) is 0.831. The van der Waals surface area contributed by atoms with Gasteiger partial charge in [-0.3, -0.25) is 0 Å². The van der Waals surface area contributed by atoms with Crippen molar-refractivity contribution in [2.45, 2.75) is 0 Å². The number of hydrogen-bond acceptors (Lipinski definition) is 3. The molecule has 0 saturated heterocycles. The van der Waals surface area contributed by atoms with Crippen molar-refractivity contribution >= 4 is 11.6 Å². The first-order valence-electron chi connectivity index (χ1n) is 4.76. The SMILES string of the molecule is N/C(=C\C1=NCCO1)c1ccc(F)cc1F. The number of aliphatic imine (C=N–C) groups is 1. The van der Waals surface area contributed by atoms with Gasteiger partial charge in [-0.05, 0) is 12.1 Å². The number of rotatable bonds is 2. The van der Waals surface area contributed by atoms with Crippen LogP contribution in [0, 0.1) is 11.6 Å². The molecule has 0 bridgehead atoms. The van der Waals surface area contributed by atoms with Gasteiger partial charge in [-0.2, -0.15) is 0 Å². The lowest BCUT2D eigenvalue weighted by Gasteiger charge is -2.03. The van der Waals surface area contributed by atoms with Gasteiger partial charge in [-0.25, -0.2) is 13.8 Å². The maximum absolute atomic E-state index is 13.3. The van der Waals surface area contributed by atoms with Crippen LogP contribution in [0.25, 0.3) is 5.70 Å². The lowest BCUT2D eigenvalue weighted by molar-refractivity contribution is 0.350. The summed E-state index contributed by atoms with van der Waals surface area (Å²) in [6.45, 7) is 1.08. The minimum Gasteiger partial charge on any atom is -0.476 e. The van der Waals surface area contributed by atoms with Crippen molar-refractivity contribution in [3.8, 4) is 0 Å². The van der Waals surface area contributed by atoms with E-state index >= 15 is 0 Å². The second-order valence-electron chi connectivity index (χ2n) is 3.29. The van der Waals surface area contributed by atoms with Gasteiger partial charge in [0, 0.05) is 23.4 Å². The molecule has 1 heterocycles. The summed E-state index contributed by atoms with van der Waals surface area (Å²) < 4.78 is 31.1. The molecule has 3 nitrogen and oxygen atoms in total. The van der Waals surface area contributed by atoms with Crippen molar-refractivity contribution in [1.82, 2.24) is 0 Å². The van der Waals surface area contributed by atoms with Crippen LogP contribution in [0.2, 0.25) is 0 Å². The molecule has 0 aromatic heterocycles. The molecule has 5 heteroatoms. The maximum Gasteiger partial charge on any atom is 0.210 e. The van der Waals surface area contributed by atoms with Crippen LogP contribution in [0.15, 0.2) is 29.3 Å². The summed E-state index contributed by atoms with van der Waals surface area (Å²) in [6, 6.07) is 3.22. The number of benzene rings is 1. The fraction of sp³-hybridized carbons (Fsp3) is 0.182. The zero-order valence-electron chi connectivity index (χ0n) is 8.41. The number of ether oxygens (including phenoxy) is 1. The second kappa shape index (κ2) is 4.30. The fourth-order valence-corrected chi connectivity index (χ4v) is 1.37. The summed E-state index contributed by atoms with van der Waals surface area (Å²) in [7, 11) is 0. The van der Waals surface area contributed by atoms with Gasteiger partial charge in [0.15, 0.2) is 0 Å². The maximum atomic E-state index is 13.3. The predicted molar refractivity (Wildman–Crippen MR) is 56.8 cm³/mol. The highest BCUT2D eigenvalue weighted by molar-refractivity contribution is 5.95. The summed E-state index contributed by atoms with van der Waals surface area (Å²) in [5.74, 6) is -0.961. The van der Waals surface area contributed by atoms with Crippen molar-refractivity contribution in [3.05, 3.63) is 41.5 Å². The third kappa shape index (κ3) is 2.18. The first-order chi connectivity index (χ1) is 7.66. The molecule has 0 radical (unpaired) electrons. The molecule has 1 aliphatic heterocycles. The number of nitrogens with zero attached hydrogens (tertiary/aromatic N) is 1. The lowest BCUT2D eigenvalue weighted by Crippen LogP contribution is -2.04. The Morgan fingerprint density at radius 2 is 2.25 bits per heavy atom. The molecule has 1 aliphatic rings. The Morgan fingerprint density at radius 1 is 1.44 bits per heavy atom. The van der Waals surface area contributed by atoms with E-state index in [9.17, 15) is 8.78 Å². The third-order valence-electron chi connectivity index (χ3n) is 2.13. The Balaban J connectivity index is 2.29. The van der Waals surface area contributed by atoms with E-state index in [-0.39, 0.29) is 11.3 Å². The fourth-order valence-electron chi connectivity index (χ4n) is 1.37. The van der Waals surface area contributed by atoms with Crippen LogP contribution in [0.5, 0.6) is 0 Å². The molecule has 0 unspecified atom stereocenters. The molecule has 0 aliphatic carbocycles. The predicted octanol–water partition coefficient (Wildman–Crippen LogP) is 1.69. The van der Waals surface area contributed by atoms with Gasteiger partial charge in [0.05, 0.1) is 6.54 Å². The van der Waals surface area contributed by atoms with E-state index in [0.29, 0.717) is 19.0 Å². The van der Waals surface area contributed by atoms with Gasteiger partial charge >= 0.3 is 0 Å². The first-order valence-corrected chi connectivity index (χ1v) is 4.76. The normalized spacial score (nSPS) is 15.9. The highest BCUT2D eigenvalue weighted by Gasteiger charge is 2.09. The van der Waals surface area contributed by atoms with Crippen molar-refractivity contribution in [2.24, 2.45) is 10.7 Å². The van der Waals surface area contributed by atoms with Crippen LogP contribution in [0.3, 0.4) is 0 Å². The number of nitrogens with two attached hydrogens (primary N) is 1. The zero-order chi connectivity index (χ0) is 11.5. The lowest BCUT2D eigenvalue weighted by atomic mass is 10.1. The molecule has 16 heavy (non-hydrogen) atoms. The molecule has 0 amide bonds. The minimum atomic E-state index is -0.702. The van der Waals surface area contributed by atoms with E-state index in [1.54, 1.807) is 0 Å². The third-order valence-corrected chi connectivity index (χ3v) is 2.13. The zero-order valence-corrected chi connectivity index (χ0v) is 8.41. The Hall–Kier alpha value is -1.91. The summed E-state index contributed by atoms with van der Waals surface area (Å²) >= 11 is 0. The van der Waals surface area contributed by atoms with Crippen molar-refractivity contribution in [1.29, 1.82) is 0 Å². The average Bonchev–Trinajstić information content (AvgIpc) is 2.70. The van der Waals surface area contributed by atoms with Crippen molar-refractivity contribution < 1.29 is 13.5 Å². The molecule has 1 aromatic rings. The van der Waals surface area contributed by atoms with E-state index in [0.717, 1.165) is 12.1 Å². The van der Waals surface area contributed by atoms with Crippen LogP contribution < -0.4 is 5.73 Å². The topological polar surface area (TPSA) is 47.6 Å².